The molecule has 0 saturated heterocycles. The van der Waals surface area contributed by atoms with Gasteiger partial charge in [0.15, 0.2) is 0 Å². The van der Waals surface area contributed by atoms with Crippen LogP contribution in [0.5, 0.6) is 5.75 Å². The minimum atomic E-state index is -0.922. The van der Waals surface area contributed by atoms with Crippen LogP contribution in [0.25, 0.3) is 6.08 Å². The number of carboxylic acid groups (broad SMARTS) is 1. The number of hydrogen-bond donors (Lipinski definition) is 2. The van der Waals surface area contributed by atoms with Crippen molar-refractivity contribution in [2.45, 2.75) is 25.8 Å². The molecule has 1 aromatic rings. The maximum Gasteiger partial charge on any atom is 0.328 e. The minimum absolute atomic E-state index is 0.458. The quantitative estimate of drug-likeness (QED) is 0.684. The van der Waals surface area contributed by atoms with Gasteiger partial charge in [-0.15, -0.1) is 0 Å². The van der Waals surface area contributed by atoms with Crippen molar-refractivity contribution in [3.05, 3.63) is 35.9 Å². The second-order valence-electron chi connectivity index (χ2n) is 4.44. The first-order valence-corrected chi connectivity index (χ1v) is 7.03. The smallest absolute Gasteiger partial charge is 0.328 e. The van der Waals surface area contributed by atoms with Crippen molar-refractivity contribution in [3.63, 3.8) is 0 Å². The summed E-state index contributed by atoms with van der Waals surface area (Å²) < 4.78 is 5.36. The summed E-state index contributed by atoms with van der Waals surface area (Å²) in [6, 6.07) is 6.92. The molecule has 21 heavy (non-hydrogen) atoms. The Morgan fingerprint density at radius 2 is 2.14 bits per heavy atom. The number of hydrogen-bond acceptors (Lipinski definition) is 4. The van der Waals surface area contributed by atoms with Gasteiger partial charge in [0.05, 0.1) is 6.61 Å². The summed E-state index contributed by atoms with van der Waals surface area (Å²) in [5, 5.41) is 9.00. The molecule has 0 aliphatic carbocycles. The van der Waals surface area contributed by atoms with Crippen LogP contribution in [0.1, 0.15) is 25.3 Å². The molecule has 0 spiro atoms. The Labute approximate surface area is 125 Å². The van der Waals surface area contributed by atoms with Crippen LogP contribution in [0, 0.1) is 0 Å². The Bertz CT molecular complexity index is 481. The van der Waals surface area contributed by atoms with E-state index in [9.17, 15) is 4.79 Å². The van der Waals surface area contributed by atoms with Crippen LogP contribution in [0.4, 0.5) is 0 Å². The van der Waals surface area contributed by atoms with Gasteiger partial charge < -0.3 is 15.6 Å². The first-order chi connectivity index (χ1) is 10.2. The van der Waals surface area contributed by atoms with Crippen LogP contribution in [0.3, 0.4) is 0 Å². The molecule has 0 radical (unpaired) electrons. The van der Waals surface area contributed by atoms with Gasteiger partial charge in [0.1, 0.15) is 11.8 Å². The normalized spacial score (nSPS) is 12.9. The van der Waals surface area contributed by atoms with Crippen molar-refractivity contribution in [1.29, 1.82) is 0 Å². The van der Waals surface area contributed by atoms with Gasteiger partial charge in [-0.2, -0.15) is 0 Å². The number of benzene rings is 1. The molecule has 0 bridgehead atoms. The lowest BCUT2D eigenvalue weighted by Gasteiger charge is -2.04. The van der Waals surface area contributed by atoms with Crippen LogP contribution in [-0.2, 0) is 4.79 Å². The number of allylic oxidation sites excluding steroid dienone is 1. The SMILES string of the molecule is CCOc1ccc(/C=C/C=NC(CCCN)C(=O)O)cc1. The Morgan fingerprint density at radius 3 is 2.71 bits per heavy atom. The van der Waals surface area contributed by atoms with Crippen molar-refractivity contribution in [2.24, 2.45) is 10.7 Å². The maximum atomic E-state index is 11.0. The number of aliphatic imine (C=N–C) groups is 1. The number of aliphatic carboxylic acids is 1. The molecule has 5 nitrogen and oxygen atoms in total. The van der Waals surface area contributed by atoms with E-state index < -0.39 is 12.0 Å². The summed E-state index contributed by atoms with van der Waals surface area (Å²) in [6.07, 6.45) is 6.22. The van der Waals surface area contributed by atoms with E-state index in [1.54, 1.807) is 6.08 Å². The van der Waals surface area contributed by atoms with Gasteiger partial charge in [0, 0.05) is 6.21 Å². The molecule has 0 aromatic heterocycles. The van der Waals surface area contributed by atoms with E-state index in [0.717, 1.165) is 11.3 Å². The lowest BCUT2D eigenvalue weighted by atomic mass is 10.1. The molecule has 3 N–H and O–H groups in total. The largest absolute Gasteiger partial charge is 0.494 e. The third-order valence-corrected chi connectivity index (χ3v) is 2.80. The molecule has 0 fully saturated rings. The fraction of sp³-hybridized carbons (Fsp3) is 0.375. The Morgan fingerprint density at radius 1 is 1.43 bits per heavy atom. The van der Waals surface area contributed by atoms with E-state index in [1.165, 1.54) is 6.21 Å². The van der Waals surface area contributed by atoms with Crippen LogP contribution >= 0.6 is 0 Å². The van der Waals surface area contributed by atoms with Gasteiger partial charge in [0.25, 0.3) is 0 Å². The van der Waals surface area contributed by atoms with Crippen LogP contribution < -0.4 is 10.5 Å². The summed E-state index contributed by atoms with van der Waals surface area (Å²) in [6.45, 7) is 3.05. The average Bonchev–Trinajstić information content (AvgIpc) is 2.48. The highest BCUT2D eigenvalue weighted by Crippen LogP contribution is 2.12. The van der Waals surface area contributed by atoms with Gasteiger partial charge in [0.2, 0.25) is 0 Å². The molecule has 0 amide bonds. The zero-order valence-electron chi connectivity index (χ0n) is 12.2. The molecule has 0 aliphatic rings. The van der Waals surface area contributed by atoms with Crippen molar-refractivity contribution in [2.75, 3.05) is 13.2 Å². The van der Waals surface area contributed by atoms with E-state index in [4.69, 9.17) is 15.6 Å². The number of carbonyl (C=O) groups is 1. The van der Waals surface area contributed by atoms with Crippen molar-refractivity contribution < 1.29 is 14.6 Å². The summed E-state index contributed by atoms with van der Waals surface area (Å²) in [5.41, 5.74) is 6.37. The fourth-order valence-corrected chi connectivity index (χ4v) is 1.72. The minimum Gasteiger partial charge on any atom is -0.494 e. The molecule has 0 heterocycles. The molecule has 1 atom stereocenters. The standard InChI is InChI=1S/C16H22N2O3/c1-2-21-14-9-7-13(8-10-14)5-4-12-18-15(16(19)20)6-3-11-17/h4-5,7-10,12,15H,2-3,6,11,17H2,1H3,(H,19,20)/b5-4+,18-12?. The highest BCUT2D eigenvalue weighted by Gasteiger charge is 2.13. The highest BCUT2D eigenvalue weighted by molar-refractivity contribution is 5.82. The maximum absolute atomic E-state index is 11.0. The summed E-state index contributed by atoms with van der Waals surface area (Å²) in [4.78, 5) is 15.0. The molecular formula is C16H22N2O3. The van der Waals surface area contributed by atoms with E-state index in [2.05, 4.69) is 4.99 Å². The van der Waals surface area contributed by atoms with Gasteiger partial charge >= 0.3 is 5.97 Å². The molecule has 1 aromatic carbocycles. The second-order valence-corrected chi connectivity index (χ2v) is 4.44. The van der Waals surface area contributed by atoms with E-state index >= 15 is 0 Å². The number of nitrogens with zero attached hydrogens (tertiary/aromatic N) is 1. The summed E-state index contributed by atoms with van der Waals surface area (Å²) in [5.74, 6) is -0.0924. The van der Waals surface area contributed by atoms with Crippen molar-refractivity contribution >= 4 is 18.3 Å². The molecular weight excluding hydrogens is 268 g/mol. The van der Waals surface area contributed by atoms with Gasteiger partial charge in [-0.1, -0.05) is 18.2 Å². The van der Waals surface area contributed by atoms with Crippen LogP contribution in [-0.4, -0.2) is 36.5 Å². The summed E-state index contributed by atoms with van der Waals surface area (Å²) in [7, 11) is 0. The lowest BCUT2D eigenvalue weighted by molar-refractivity contribution is -0.138. The van der Waals surface area contributed by atoms with Gasteiger partial charge in [-0.25, -0.2) is 4.79 Å². The highest BCUT2D eigenvalue weighted by atomic mass is 16.5. The van der Waals surface area contributed by atoms with Gasteiger partial charge in [-0.05, 0) is 50.1 Å². The Kier molecular flexibility index (Phi) is 7.82. The van der Waals surface area contributed by atoms with Gasteiger partial charge in [-0.3, -0.25) is 4.99 Å². The molecule has 1 unspecified atom stereocenters. The topological polar surface area (TPSA) is 84.9 Å². The third kappa shape index (κ3) is 6.72. The first-order valence-electron chi connectivity index (χ1n) is 7.03. The van der Waals surface area contributed by atoms with Crippen LogP contribution in [0.15, 0.2) is 35.3 Å². The average molecular weight is 290 g/mol. The van der Waals surface area contributed by atoms with Crippen molar-refractivity contribution in [1.82, 2.24) is 0 Å². The number of nitrogens with two attached hydrogens (primary N) is 1. The van der Waals surface area contributed by atoms with E-state index in [0.29, 0.717) is 26.0 Å². The number of carboxylic acids is 1. The monoisotopic (exact) mass is 290 g/mol. The zero-order chi connectivity index (χ0) is 15.5. The molecule has 114 valence electrons. The predicted octanol–water partition coefficient (Wildman–Crippen LogP) is 2.36. The molecule has 0 aliphatic heterocycles. The van der Waals surface area contributed by atoms with E-state index in [-0.39, 0.29) is 0 Å². The number of ether oxygens (including phenoxy) is 1. The second kappa shape index (κ2) is 9.72. The molecule has 0 saturated carbocycles. The molecule has 5 heteroatoms. The predicted molar refractivity (Wildman–Crippen MR) is 84.8 cm³/mol. The third-order valence-electron chi connectivity index (χ3n) is 2.80. The Hall–Kier alpha value is -2.14. The zero-order valence-corrected chi connectivity index (χ0v) is 12.2. The van der Waals surface area contributed by atoms with Crippen LogP contribution in [0.2, 0.25) is 0 Å². The number of rotatable bonds is 9. The Balaban J connectivity index is 2.55. The van der Waals surface area contributed by atoms with E-state index in [1.807, 2.05) is 37.3 Å². The first kappa shape index (κ1) is 16.9. The summed E-state index contributed by atoms with van der Waals surface area (Å²) >= 11 is 0. The molecule has 1 rings (SSSR count). The fourth-order valence-electron chi connectivity index (χ4n) is 1.72. The van der Waals surface area contributed by atoms with Crippen molar-refractivity contribution in [3.8, 4) is 5.75 Å². The lowest BCUT2D eigenvalue weighted by Crippen LogP contribution is -2.19.